The van der Waals surface area contributed by atoms with Gasteiger partial charge in [0.15, 0.2) is 0 Å². The van der Waals surface area contributed by atoms with Crippen molar-refractivity contribution in [3.05, 3.63) is 29.8 Å². The zero-order chi connectivity index (χ0) is 14.5. The molecule has 0 saturated heterocycles. The maximum absolute atomic E-state index is 11.7. The minimum atomic E-state index is -0.890. The van der Waals surface area contributed by atoms with Crippen LogP contribution in [0.25, 0.3) is 0 Å². The summed E-state index contributed by atoms with van der Waals surface area (Å²) < 4.78 is 4.97. The lowest BCUT2D eigenvalue weighted by Gasteiger charge is -2.07. The summed E-state index contributed by atoms with van der Waals surface area (Å²) in [7, 11) is 1.52. The van der Waals surface area contributed by atoms with Gasteiger partial charge in [-0.25, -0.2) is 0 Å². The number of carbonyl (C=O) groups excluding carboxylic acids is 3. The molecule has 7 nitrogen and oxygen atoms in total. The Bertz CT molecular complexity index is 523. The zero-order valence-corrected chi connectivity index (χ0v) is 10.9. The molecule has 7 heteroatoms. The third-order valence-electron chi connectivity index (χ3n) is 2.76. The van der Waals surface area contributed by atoms with Crippen LogP contribution < -0.4 is 20.9 Å². The first kappa shape index (κ1) is 13.9. The van der Waals surface area contributed by atoms with Crippen LogP contribution in [0.1, 0.15) is 23.2 Å². The van der Waals surface area contributed by atoms with Crippen LogP contribution in [0.3, 0.4) is 0 Å². The summed E-state index contributed by atoms with van der Waals surface area (Å²) in [6.07, 6.45) is 1.77. The van der Waals surface area contributed by atoms with Gasteiger partial charge in [0, 0.05) is 11.6 Å². The number of ether oxygens (including phenoxy) is 1. The van der Waals surface area contributed by atoms with Gasteiger partial charge in [-0.1, -0.05) is 0 Å². The molecular formula is C13H15N3O4. The molecular weight excluding hydrogens is 262 g/mol. The largest absolute Gasteiger partial charge is 0.497 e. The highest BCUT2D eigenvalue weighted by molar-refractivity contribution is 6.35. The third-order valence-corrected chi connectivity index (χ3v) is 2.76. The van der Waals surface area contributed by atoms with Crippen molar-refractivity contribution in [3.63, 3.8) is 0 Å². The number of carbonyl (C=O) groups is 3. The van der Waals surface area contributed by atoms with Crippen molar-refractivity contribution < 1.29 is 19.1 Å². The molecule has 1 saturated carbocycles. The van der Waals surface area contributed by atoms with Crippen LogP contribution in [0, 0.1) is 0 Å². The number of rotatable bonds is 3. The lowest BCUT2D eigenvalue weighted by molar-refractivity contribution is -0.139. The molecule has 0 radical (unpaired) electrons. The highest BCUT2D eigenvalue weighted by Crippen LogP contribution is 2.18. The molecule has 0 spiro atoms. The minimum absolute atomic E-state index is 0.0885. The summed E-state index contributed by atoms with van der Waals surface area (Å²) in [6.45, 7) is 0. The van der Waals surface area contributed by atoms with E-state index in [2.05, 4.69) is 16.2 Å². The Kier molecular flexibility index (Phi) is 4.19. The Labute approximate surface area is 115 Å². The zero-order valence-electron chi connectivity index (χ0n) is 10.9. The predicted molar refractivity (Wildman–Crippen MR) is 69.8 cm³/mol. The summed E-state index contributed by atoms with van der Waals surface area (Å²) in [5.41, 5.74) is 4.57. The van der Waals surface area contributed by atoms with E-state index in [1.807, 2.05) is 0 Å². The van der Waals surface area contributed by atoms with Gasteiger partial charge in [-0.2, -0.15) is 0 Å². The number of hydrogen-bond donors (Lipinski definition) is 3. The minimum Gasteiger partial charge on any atom is -0.497 e. The first-order chi connectivity index (χ1) is 9.60. The van der Waals surface area contributed by atoms with Gasteiger partial charge in [-0.3, -0.25) is 25.2 Å². The van der Waals surface area contributed by atoms with E-state index in [0.717, 1.165) is 12.8 Å². The van der Waals surface area contributed by atoms with E-state index in [-0.39, 0.29) is 6.04 Å². The standard InChI is InChI=1S/C13H15N3O4/c1-20-10-6-2-8(3-7-10)11(17)15-16-13(19)12(18)14-9-4-5-9/h2-3,6-7,9H,4-5H2,1H3,(H,14,18)(H,15,17)(H,16,19). The van der Waals surface area contributed by atoms with Gasteiger partial charge in [0.2, 0.25) is 0 Å². The first-order valence-corrected chi connectivity index (χ1v) is 6.15. The van der Waals surface area contributed by atoms with Crippen LogP contribution in [-0.2, 0) is 9.59 Å². The molecule has 1 aliphatic carbocycles. The van der Waals surface area contributed by atoms with E-state index in [1.165, 1.54) is 7.11 Å². The van der Waals surface area contributed by atoms with Gasteiger partial charge in [0.05, 0.1) is 7.11 Å². The number of hydrogen-bond acceptors (Lipinski definition) is 4. The highest BCUT2D eigenvalue weighted by Gasteiger charge is 2.26. The molecule has 0 bridgehead atoms. The number of methoxy groups -OCH3 is 1. The average molecular weight is 277 g/mol. The first-order valence-electron chi connectivity index (χ1n) is 6.15. The van der Waals surface area contributed by atoms with E-state index in [0.29, 0.717) is 11.3 Å². The lowest BCUT2D eigenvalue weighted by atomic mass is 10.2. The molecule has 20 heavy (non-hydrogen) atoms. The van der Waals surface area contributed by atoms with Gasteiger partial charge >= 0.3 is 11.8 Å². The fourth-order valence-electron chi connectivity index (χ4n) is 1.46. The second kappa shape index (κ2) is 6.05. The lowest BCUT2D eigenvalue weighted by Crippen LogP contribution is -2.48. The van der Waals surface area contributed by atoms with Crippen molar-refractivity contribution in [2.45, 2.75) is 18.9 Å². The van der Waals surface area contributed by atoms with E-state index < -0.39 is 17.7 Å². The smallest absolute Gasteiger partial charge is 0.327 e. The Morgan fingerprint density at radius 2 is 1.70 bits per heavy atom. The van der Waals surface area contributed by atoms with E-state index in [9.17, 15) is 14.4 Å². The Balaban J connectivity index is 1.81. The quantitative estimate of drug-likeness (QED) is 0.523. The second-order valence-corrected chi connectivity index (χ2v) is 4.38. The van der Waals surface area contributed by atoms with Gasteiger partial charge in [0.25, 0.3) is 5.91 Å². The molecule has 0 aromatic heterocycles. The summed E-state index contributed by atoms with van der Waals surface area (Å²) in [4.78, 5) is 34.4. The topological polar surface area (TPSA) is 96.5 Å². The third kappa shape index (κ3) is 3.71. The van der Waals surface area contributed by atoms with E-state index in [1.54, 1.807) is 24.3 Å². The molecule has 3 amide bonds. The van der Waals surface area contributed by atoms with Crippen molar-refractivity contribution in [2.24, 2.45) is 0 Å². The molecule has 106 valence electrons. The van der Waals surface area contributed by atoms with Crippen molar-refractivity contribution in [3.8, 4) is 5.75 Å². The van der Waals surface area contributed by atoms with Crippen molar-refractivity contribution in [2.75, 3.05) is 7.11 Å². The summed E-state index contributed by atoms with van der Waals surface area (Å²) in [6, 6.07) is 6.42. The molecule has 0 aliphatic heterocycles. The van der Waals surface area contributed by atoms with Crippen LogP contribution in [0.4, 0.5) is 0 Å². The van der Waals surface area contributed by atoms with Crippen LogP contribution in [0.5, 0.6) is 5.75 Å². The number of hydrazine groups is 1. The summed E-state index contributed by atoms with van der Waals surface area (Å²) >= 11 is 0. The van der Waals surface area contributed by atoms with Crippen LogP contribution >= 0.6 is 0 Å². The van der Waals surface area contributed by atoms with Crippen LogP contribution in [0.2, 0.25) is 0 Å². The van der Waals surface area contributed by atoms with Gasteiger partial charge in [0.1, 0.15) is 5.75 Å². The maximum atomic E-state index is 11.7. The molecule has 0 heterocycles. The Morgan fingerprint density at radius 1 is 1.05 bits per heavy atom. The van der Waals surface area contributed by atoms with Crippen LogP contribution in [-0.4, -0.2) is 30.9 Å². The fraction of sp³-hybridized carbons (Fsp3) is 0.308. The molecule has 0 atom stereocenters. The highest BCUT2D eigenvalue weighted by atomic mass is 16.5. The fourth-order valence-corrected chi connectivity index (χ4v) is 1.46. The van der Waals surface area contributed by atoms with Gasteiger partial charge in [-0.15, -0.1) is 0 Å². The second-order valence-electron chi connectivity index (χ2n) is 4.38. The predicted octanol–water partition coefficient (Wildman–Crippen LogP) is -0.265. The van der Waals surface area contributed by atoms with Gasteiger partial charge in [-0.05, 0) is 37.1 Å². The van der Waals surface area contributed by atoms with Crippen LogP contribution in [0.15, 0.2) is 24.3 Å². The molecule has 1 aromatic carbocycles. The van der Waals surface area contributed by atoms with Crippen molar-refractivity contribution in [1.82, 2.24) is 16.2 Å². The SMILES string of the molecule is COc1ccc(C(=O)NNC(=O)C(=O)NC2CC2)cc1. The number of amides is 3. The van der Waals surface area contributed by atoms with Gasteiger partial charge < -0.3 is 10.1 Å². The molecule has 1 fully saturated rings. The average Bonchev–Trinajstić information content (AvgIpc) is 3.28. The maximum Gasteiger partial charge on any atom is 0.327 e. The normalized spacial score (nSPS) is 13.2. The molecule has 3 N–H and O–H groups in total. The molecule has 0 unspecified atom stereocenters. The van der Waals surface area contributed by atoms with E-state index >= 15 is 0 Å². The monoisotopic (exact) mass is 277 g/mol. The van der Waals surface area contributed by atoms with Crippen molar-refractivity contribution >= 4 is 17.7 Å². The number of nitrogens with one attached hydrogen (secondary N) is 3. The molecule has 1 aromatic rings. The Hall–Kier alpha value is -2.57. The summed E-state index contributed by atoms with van der Waals surface area (Å²) in [5.74, 6) is -1.53. The Morgan fingerprint density at radius 3 is 2.25 bits per heavy atom. The number of benzene rings is 1. The summed E-state index contributed by atoms with van der Waals surface area (Å²) in [5, 5.41) is 2.51. The van der Waals surface area contributed by atoms with E-state index in [4.69, 9.17) is 4.74 Å². The molecule has 1 aliphatic rings. The molecule has 2 rings (SSSR count). The van der Waals surface area contributed by atoms with Crippen molar-refractivity contribution in [1.29, 1.82) is 0 Å².